The number of thiophene rings is 1. The van der Waals surface area contributed by atoms with Crippen molar-refractivity contribution in [1.82, 2.24) is 0 Å². The maximum atomic E-state index is 11.3. The molecule has 0 bridgehead atoms. The molecule has 6 nitrogen and oxygen atoms in total. The highest BCUT2D eigenvalue weighted by Gasteiger charge is 2.21. The van der Waals surface area contributed by atoms with Crippen LogP contribution in [0.25, 0.3) is 0 Å². The van der Waals surface area contributed by atoms with Crippen molar-refractivity contribution in [3.63, 3.8) is 0 Å². The van der Waals surface area contributed by atoms with Gasteiger partial charge in [-0.2, -0.15) is 0 Å². The number of amides is 1. The lowest BCUT2D eigenvalue weighted by Gasteiger charge is -2.13. The Bertz CT molecular complexity index is 458. The molecule has 1 amide bonds. The number of rotatable bonds is 8. The number of carbonyl (C=O) groups excluding carboxylic acids is 1. The van der Waals surface area contributed by atoms with Crippen LogP contribution in [0.5, 0.6) is 5.75 Å². The van der Waals surface area contributed by atoms with E-state index in [1.165, 1.54) is 11.3 Å². The van der Waals surface area contributed by atoms with Crippen LogP contribution in [0.3, 0.4) is 0 Å². The van der Waals surface area contributed by atoms with Crippen LogP contribution in [0.15, 0.2) is 0 Å². The average molecular weight is 301 g/mol. The van der Waals surface area contributed by atoms with Gasteiger partial charge in [0, 0.05) is 6.54 Å². The van der Waals surface area contributed by atoms with Crippen molar-refractivity contribution < 1.29 is 14.3 Å². The molecule has 0 fully saturated rings. The zero-order valence-corrected chi connectivity index (χ0v) is 13.2. The van der Waals surface area contributed by atoms with Gasteiger partial charge in [-0.25, -0.2) is 0 Å². The van der Waals surface area contributed by atoms with Crippen LogP contribution in [-0.2, 0) is 4.74 Å². The second kappa shape index (κ2) is 7.35. The monoisotopic (exact) mass is 301 g/mol. The molecule has 0 atom stereocenters. The fourth-order valence-electron chi connectivity index (χ4n) is 1.54. The zero-order valence-electron chi connectivity index (χ0n) is 12.4. The molecule has 7 heteroatoms. The summed E-state index contributed by atoms with van der Waals surface area (Å²) in [5.74, 6) is -0.0593. The van der Waals surface area contributed by atoms with Crippen molar-refractivity contribution in [1.29, 1.82) is 0 Å². The summed E-state index contributed by atoms with van der Waals surface area (Å²) in [6.07, 6.45) is 0.137. The maximum absolute atomic E-state index is 11.3. The van der Waals surface area contributed by atoms with Crippen molar-refractivity contribution in [2.24, 2.45) is 5.73 Å². The Balaban J connectivity index is 2.81. The third-order valence-corrected chi connectivity index (χ3v) is 3.47. The highest BCUT2D eigenvalue weighted by Crippen LogP contribution is 2.42. The Labute approximate surface area is 123 Å². The van der Waals surface area contributed by atoms with Crippen molar-refractivity contribution in [3.8, 4) is 5.75 Å². The van der Waals surface area contributed by atoms with Gasteiger partial charge in [-0.3, -0.25) is 4.79 Å². The van der Waals surface area contributed by atoms with Crippen molar-refractivity contribution >= 4 is 27.9 Å². The van der Waals surface area contributed by atoms with E-state index in [2.05, 4.69) is 5.32 Å². The van der Waals surface area contributed by atoms with Crippen molar-refractivity contribution in [2.45, 2.75) is 39.9 Å². The molecule has 0 unspecified atom stereocenters. The molecule has 1 heterocycles. The van der Waals surface area contributed by atoms with Crippen LogP contribution in [0.4, 0.5) is 10.7 Å². The lowest BCUT2D eigenvalue weighted by Crippen LogP contribution is -2.14. The largest absolute Gasteiger partial charge is 0.486 e. The molecule has 0 aliphatic rings. The number of anilines is 2. The molecule has 0 aliphatic heterocycles. The van der Waals surface area contributed by atoms with E-state index in [0.717, 1.165) is 0 Å². The van der Waals surface area contributed by atoms with Gasteiger partial charge in [-0.15, -0.1) is 11.3 Å². The predicted molar refractivity (Wildman–Crippen MR) is 82.6 cm³/mol. The van der Waals surface area contributed by atoms with E-state index >= 15 is 0 Å². The molecule has 20 heavy (non-hydrogen) atoms. The molecule has 1 rings (SSSR count). The number of nitrogens with one attached hydrogen (secondary N) is 1. The van der Waals surface area contributed by atoms with Crippen LogP contribution in [-0.4, -0.2) is 31.3 Å². The second-order valence-corrected chi connectivity index (χ2v) is 5.90. The van der Waals surface area contributed by atoms with Crippen LogP contribution < -0.4 is 21.5 Å². The van der Waals surface area contributed by atoms with Gasteiger partial charge >= 0.3 is 0 Å². The summed E-state index contributed by atoms with van der Waals surface area (Å²) in [5.41, 5.74) is 11.5. The summed E-state index contributed by atoms with van der Waals surface area (Å²) < 4.78 is 11.1. The molecule has 0 aromatic carbocycles. The van der Waals surface area contributed by atoms with Crippen molar-refractivity contribution in [2.75, 3.05) is 24.2 Å². The van der Waals surface area contributed by atoms with E-state index in [9.17, 15) is 4.79 Å². The van der Waals surface area contributed by atoms with Gasteiger partial charge in [0.2, 0.25) is 0 Å². The first kappa shape index (κ1) is 16.6. The Hall–Kier alpha value is -1.47. The molecule has 5 N–H and O–H groups in total. The minimum atomic E-state index is -0.549. The van der Waals surface area contributed by atoms with Gasteiger partial charge in [0.1, 0.15) is 15.6 Å². The van der Waals surface area contributed by atoms with Crippen LogP contribution in [0.1, 0.15) is 37.4 Å². The van der Waals surface area contributed by atoms with Gasteiger partial charge in [-0.05, 0) is 27.7 Å². The summed E-state index contributed by atoms with van der Waals surface area (Å²) in [7, 11) is 0. The first-order valence-corrected chi connectivity index (χ1v) is 7.38. The fraction of sp³-hybridized carbons (Fsp3) is 0.615. The van der Waals surface area contributed by atoms with E-state index in [1.807, 2.05) is 27.7 Å². The average Bonchev–Trinajstić information content (AvgIpc) is 2.62. The van der Waals surface area contributed by atoms with Crippen LogP contribution in [0.2, 0.25) is 0 Å². The molecular weight excluding hydrogens is 278 g/mol. The number of hydrogen-bond donors (Lipinski definition) is 3. The number of hydrogen-bond acceptors (Lipinski definition) is 6. The Morgan fingerprint density at radius 3 is 2.45 bits per heavy atom. The van der Waals surface area contributed by atoms with Gasteiger partial charge < -0.3 is 26.3 Å². The molecule has 1 aromatic heterocycles. The minimum Gasteiger partial charge on any atom is -0.486 e. The lowest BCUT2D eigenvalue weighted by molar-refractivity contribution is 0.0870. The lowest BCUT2D eigenvalue weighted by atomic mass is 10.3. The number of nitrogen functional groups attached to an aromatic ring is 1. The molecule has 0 radical (unpaired) electrons. The summed E-state index contributed by atoms with van der Waals surface area (Å²) >= 11 is 1.20. The zero-order chi connectivity index (χ0) is 15.3. The smallest absolute Gasteiger partial charge is 0.261 e. The standard InChI is InChI=1S/C13H23N3O3S/c1-7(2)18-6-5-16-13-10(19-8(3)4)9(14)11(20-13)12(15)17/h7-8,16H,5-6,14H2,1-4H3,(H2,15,17). The molecule has 0 saturated heterocycles. The summed E-state index contributed by atoms with van der Waals surface area (Å²) in [4.78, 5) is 11.6. The van der Waals surface area contributed by atoms with E-state index in [-0.39, 0.29) is 12.2 Å². The van der Waals surface area contributed by atoms with E-state index < -0.39 is 5.91 Å². The Morgan fingerprint density at radius 2 is 1.95 bits per heavy atom. The molecule has 0 aliphatic carbocycles. The number of nitrogens with two attached hydrogens (primary N) is 2. The first-order valence-electron chi connectivity index (χ1n) is 6.57. The quantitative estimate of drug-likeness (QED) is 0.638. The fourth-order valence-corrected chi connectivity index (χ4v) is 2.47. The Morgan fingerprint density at radius 1 is 1.30 bits per heavy atom. The highest BCUT2D eigenvalue weighted by molar-refractivity contribution is 7.19. The summed E-state index contributed by atoms with van der Waals surface area (Å²) in [5, 5.41) is 3.88. The normalized spacial score (nSPS) is 11.1. The molecule has 1 aromatic rings. The summed E-state index contributed by atoms with van der Waals surface area (Å²) in [6.45, 7) is 8.90. The molecule has 114 valence electrons. The number of carbonyl (C=O) groups is 1. The third-order valence-electron chi connectivity index (χ3n) is 2.32. The van der Waals surface area contributed by atoms with Crippen molar-refractivity contribution in [3.05, 3.63) is 4.88 Å². The van der Waals surface area contributed by atoms with Gasteiger partial charge in [0.25, 0.3) is 5.91 Å². The molecular formula is C13H23N3O3S. The topological polar surface area (TPSA) is 99.6 Å². The number of ether oxygens (including phenoxy) is 2. The van der Waals surface area contributed by atoms with Gasteiger partial charge in [0.15, 0.2) is 5.75 Å². The van der Waals surface area contributed by atoms with E-state index in [4.69, 9.17) is 20.9 Å². The minimum absolute atomic E-state index is 0.0416. The summed E-state index contributed by atoms with van der Waals surface area (Å²) in [6, 6.07) is 0. The predicted octanol–water partition coefficient (Wildman–Crippen LogP) is 2.05. The maximum Gasteiger partial charge on any atom is 0.261 e. The molecule has 0 spiro atoms. The third kappa shape index (κ3) is 4.57. The van der Waals surface area contributed by atoms with E-state index in [1.54, 1.807) is 0 Å². The van der Waals surface area contributed by atoms with Gasteiger partial charge in [0.05, 0.1) is 18.8 Å². The van der Waals surface area contributed by atoms with Crippen LogP contribution in [0, 0.1) is 0 Å². The van der Waals surface area contributed by atoms with Gasteiger partial charge in [-0.1, -0.05) is 0 Å². The van der Waals surface area contributed by atoms with E-state index in [0.29, 0.717) is 34.5 Å². The SMILES string of the molecule is CC(C)OCCNc1sc(C(N)=O)c(N)c1OC(C)C. The molecule has 0 saturated carbocycles. The Kier molecular flexibility index (Phi) is 6.09. The van der Waals surface area contributed by atoms with Crippen LogP contribution >= 0.6 is 11.3 Å². The number of primary amides is 1. The highest BCUT2D eigenvalue weighted by atomic mass is 32.1. The second-order valence-electron chi connectivity index (χ2n) is 4.88. The first-order chi connectivity index (χ1) is 9.32.